The number of likely N-dealkylation sites (tertiary alicyclic amines) is 1. The molecule has 1 saturated heterocycles. The van der Waals surface area contributed by atoms with Crippen LogP contribution in [0.15, 0.2) is 41.8 Å². The first-order valence-electron chi connectivity index (χ1n) is 8.39. The first kappa shape index (κ1) is 16.6. The van der Waals surface area contributed by atoms with E-state index in [2.05, 4.69) is 10.3 Å². The number of hydrogen-bond donors (Lipinski definition) is 0. The van der Waals surface area contributed by atoms with Gasteiger partial charge in [0.2, 0.25) is 0 Å². The summed E-state index contributed by atoms with van der Waals surface area (Å²) in [6.45, 7) is 3.52. The molecule has 2 heterocycles. The van der Waals surface area contributed by atoms with Crippen molar-refractivity contribution in [2.45, 2.75) is 32.1 Å². The highest BCUT2D eigenvalue weighted by Crippen LogP contribution is 2.31. The number of rotatable bonds is 6. The van der Waals surface area contributed by atoms with Crippen LogP contribution >= 0.6 is 23.6 Å². The fourth-order valence-electron chi connectivity index (χ4n) is 2.93. The molecule has 122 valence electrons. The van der Waals surface area contributed by atoms with Crippen LogP contribution in [0.5, 0.6) is 11.5 Å². The predicted molar refractivity (Wildman–Crippen MR) is 102 cm³/mol. The lowest BCUT2D eigenvalue weighted by molar-refractivity contribution is 0.294. The Hall–Kier alpha value is -1.23. The molecule has 0 unspecified atom stereocenters. The van der Waals surface area contributed by atoms with Crippen LogP contribution < -0.4 is 4.74 Å². The predicted octanol–water partition coefficient (Wildman–Crippen LogP) is 5.52. The third kappa shape index (κ3) is 4.87. The SMILES string of the molecule is S=C(CCN1CCCCCC1)c1sccc1Oc1ccccc1. The van der Waals surface area contributed by atoms with Gasteiger partial charge in [-0.3, -0.25) is 0 Å². The molecule has 0 spiro atoms. The van der Waals surface area contributed by atoms with Gasteiger partial charge in [0.25, 0.3) is 0 Å². The van der Waals surface area contributed by atoms with Crippen LogP contribution in [0.1, 0.15) is 37.0 Å². The zero-order valence-electron chi connectivity index (χ0n) is 13.4. The van der Waals surface area contributed by atoms with Gasteiger partial charge in [0.1, 0.15) is 11.5 Å². The third-order valence-electron chi connectivity index (χ3n) is 4.21. The van der Waals surface area contributed by atoms with Gasteiger partial charge in [-0.2, -0.15) is 0 Å². The van der Waals surface area contributed by atoms with Crippen molar-refractivity contribution in [3.8, 4) is 11.5 Å². The van der Waals surface area contributed by atoms with Crippen molar-refractivity contribution >= 4 is 28.4 Å². The molecule has 0 radical (unpaired) electrons. The second kappa shape index (κ2) is 8.57. The van der Waals surface area contributed by atoms with E-state index in [9.17, 15) is 0 Å². The minimum Gasteiger partial charge on any atom is -0.456 e. The van der Waals surface area contributed by atoms with Gasteiger partial charge < -0.3 is 9.64 Å². The van der Waals surface area contributed by atoms with Gasteiger partial charge in [0.05, 0.1) is 4.88 Å². The van der Waals surface area contributed by atoms with Gasteiger partial charge in [0, 0.05) is 11.4 Å². The molecule has 0 N–H and O–H groups in total. The van der Waals surface area contributed by atoms with E-state index >= 15 is 0 Å². The van der Waals surface area contributed by atoms with Crippen LogP contribution in [0, 0.1) is 0 Å². The molecule has 1 aromatic heterocycles. The Morgan fingerprint density at radius 1 is 1.04 bits per heavy atom. The van der Waals surface area contributed by atoms with E-state index in [1.54, 1.807) is 11.3 Å². The first-order valence-corrected chi connectivity index (χ1v) is 9.68. The summed E-state index contributed by atoms with van der Waals surface area (Å²) in [7, 11) is 0. The van der Waals surface area contributed by atoms with Crippen molar-refractivity contribution < 1.29 is 4.74 Å². The molecule has 23 heavy (non-hydrogen) atoms. The van der Waals surface area contributed by atoms with E-state index in [0.29, 0.717) is 0 Å². The van der Waals surface area contributed by atoms with Crippen LogP contribution in [0.2, 0.25) is 0 Å². The zero-order chi connectivity index (χ0) is 15.9. The van der Waals surface area contributed by atoms with E-state index in [4.69, 9.17) is 17.0 Å². The summed E-state index contributed by atoms with van der Waals surface area (Å²) in [5.74, 6) is 1.75. The number of para-hydroxylation sites is 1. The maximum atomic E-state index is 5.99. The van der Waals surface area contributed by atoms with Crippen molar-refractivity contribution in [2.75, 3.05) is 19.6 Å². The Balaban J connectivity index is 1.58. The summed E-state index contributed by atoms with van der Waals surface area (Å²) in [6.07, 6.45) is 6.35. The minimum atomic E-state index is 0.863. The second-order valence-corrected chi connectivity index (χ2v) is 7.37. The molecule has 1 aliphatic heterocycles. The molecule has 0 atom stereocenters. The topological polar surface area (TPSA) is 12.5 Å². The minimum absolute atomic E-state index is 0.863. The number of nitrogens with zero attached hydrogens (tertiary/aromatic N) is 1. The number of hydrogen-bond acceptors (Lipinski definition) is 4. The first-order chi connectivity index (χ1) is 11.3. The molecular weight excluding hydrogens is 322 g/mol. The molecule has 1 aromatic carbocycles. The molecular formula is C19H23NOS2. The molecule has 0 amide bonds. The van der Waals surface area contributed by atoms with Gasteiger partial charge in [-0.1, -0.05) is 43.3 Å². The lowest BCUT2D eigenvalue weighted by Gasteiger charge is -2.19. The van der Waals surface area contributed by atoms with Gasteiger partial charge >= 0.3 is 0 Å². The molecule has 0 bridgehead atoms. The molecule has 3 rings (SSSR count). The molecule has 2 aromatic rings. The van der Waals surface area contributed by atoms with Gasteiger partial charge in [0.15, 0.2) is 0 Å². The van der Waals surface area contributed by atoms with E-state index in [1.165, 1.54) is 38.8 Å². The standard InChI is InChI=1S/C19H23NOS2/c22-18(10-14-20-12-6-1-2-7-13-20)19-17(11-15-23-19)21-16-8-4-3-5-9-16/h3-5,8-9,11,15H,1-2,6-7,10,12-14H2. The summed E-state index contributed by atoms with van der Waals surface area (Å²) < 4.78 is 5.99. The Labute approximate surface area is 148 Å². The van der Waals surface area contributed by atoms with Gasteiger partial charge in [-0.15, -0.1) is 11.3 Å². The third-order valence-corrected chi connectivity index (χ3v) is 5.70. The Morgan fingerprint density at radius 3 is 2.52 bits per heavy atom. The summed E-state index contributed by atoms with van der Waals surface area (Å²) in [4.78, 5) is 4.69. The van der Waals surface area contributed by atoms with Crippen LogP contribution in [0.4, 0.5) is 0 Å². The Kier molecular flexibility index (Phi) is 6.20. The summed E-state index contributed by atoms with van der Waals surface area (Å²) >= 11 is 7.37. The highest BCUT2D eigenvalue weighted by molar-refractivity contribution is 7.81. The fraction of sp³-hybridized carbons (Fsp3) is 0.421. The van der Waals surface area contributed by atoms with Crippen molar-refractivity contribution in [2.24, 2.45) is 0 Å². The fourth-order valence-corrected chi connectivity index (χ4v) is 4.05. The highest BCUT2D eigenvalue weighted by Gasteiger charge is 2.14. The zero-order valence-corrected chi connectivity index (χ0v) is 15.0. The lowest BCUT2D eigenvalue weighted by Crippen LogP contribution is -2.27. The lowest BCUT2D eigenvalue weighted by atomic mass is 10.2. The maximum Gasteiger partial charge on any atom is 0.146 e. The van der Waals surface area contributed by atoms with E-state index in [0.717, 1.165) is 34.2 Å². The maximum absolute atomic E-state index is 5.99. The largest absolute Gasteiger partial charge is 0.456 e. The average Bonchev–Trinajstić information content (AvgIpc) is 2.88. The summed E-state index contributed by atoms with van der Waals surface area (Å²) in [6, 6.07) is 11.9. The number of benzene rings is 1. The molecule has 2 nitrogen and oxygen atoms in total. The van der Waals surface area contributed by atoms with Gasteiger partial charge in [-0.05, 0) is 55.9 Å². The second-order valence-electron chi connectivity index (χ2n) is 5.96. The molecule has 0 aliphatic carbocycles. The number of thiophene rings is 1. The van der Waals surface area contributed by atoms with Crippen molar-refractivity contribution in [3.63, 3.8) is 0 Å². The molecule has 0 saturated carbocycles. The van der Waals surface area contributed by atoms with E-state index < -0.39 is 0 Å². The van der Waals surface area contributed by atoms with Crippen molar-refractivity contribution in [3.05, 3.63) is 46.7 Å². The molecule has 1 fully saturated rings. The van der Waals surface area contributed by atoms with E-state index in [1.807, 2.05) is 36.4 Å². The molecule has 4 heteroatoms. The quantitative estimate of drug-likeness (QED) is 0.505. The Morgan fingerprint density at radius 2 is 1.78 bits per heavy atom. The van der Waals surface area contributed by atoms with Gasteiger partial charge in [-0.25, -0.2) is 0 Å². The Bertz CT molecular complexity index is 615. The monoisotopic (exact) mass is 345 g/mol. The van der Waals surface area contributed by atoms with Crippen LogP contribution in [0.25, 0.3) is 0 Å². The summed E-state index contributed by atoms with van der Waals surface area (Å²) in [5, 5.41) is 2.06. The average molecular weight is 346 g/mol. The highest BCUT2D eigenvalue weighted by atomic mass is 32.1. The van der Waals surface area contributed by atoms with Crippen molar-refractivity contribution in [1.82, 2.24) is 4.90 Å². The normalized spacial score (nSPS) is 16.0. The molecule has 1 aliphatic rings. The van der Waals surface area contributed by atoms with Crippen LogP contribution in [-0.2, 0) is 0 Å². The van der Waals surface area contributed by atoms with Crippen molar-refractivity contribution in [1.29, 1.82) is 0 Å². The van der Waals surface area contributed by atoms with Crippen LogP contribution in [-0.4, -0.2) is 29.4 Å². The van der Waals surface area contributed by atoms with Crippen LogP contribution in [0.3, 0.4) is 0 Å². The number of ether oxygens (including phenoxy) is 1. The number of thiocarbonyl (C=S) groups is 1. The van der Waals surface area contributed by atoms with E-state index in [-0.39, 0.29) is 0 Å². The smallest absolute Gasteiger partial charge is 0.146 e. The summed E-state index contributed by atoms with van der Waals surface area (Å²) in [5.41, 5.74) is 0.